The summed E-state index contributed by atoms with van der Waals surface area (Å²) in [5.41, 5.74) is 1.80. The van der Waals surface area contributed by atoms with E-state index in [1.165, 1.54) is 5.57 Å². The number of amides is 1. The van der Waals surface area contributed by atoms with Crippen LogP contribution in [0.15, 0.2) is 16.6 Å². The van der Waals surface area contributed by atoms with Crippen LogP contribution in [0.2, 0.25) is 0 Å². The molecule has 154 valence electrons. The first kappa shape index (κ1) is 19.8. The fraction of sp³-hybridized carbons (Fsp3) is 0.773. The first-order chi connectivity index (χ1) is 13.2. The monoisotopic (exact) mass is 388 g/mol. The third-order valence-corrected chi connectivity index (χ3v) is 6.94. The van der Waals surface area contributed by atoms with Crippen LogP contribution in [0.4, 0.5) is 4.79 Å². The van der Waals surface area contributed by atoms with Crippen molar-refractivity contribution in [2.24, 2.45) is 22.7 Å². The van der Waals surface area contributed by atoms with Gasteiger partial charge in [-0.15, -0.1) is 0 Å². The largest absolute Gasteiger partial charge is 0.444 e. The van der Waals surface area contributed by atoms with E-state index in [4.69, 9.17) is 19.6 Å². The van der Waals surface area contributed by atoms with Crippen LogP contribution in [-0.2, 0) is 14.2 Å². The lowest BCUT2D eigenvalue weighted by molar-refractivity contribution is -0.0451. The summed E-state index contributed by atoms with van der Waals surface area (Å²) in [5, 5.41) is 8.65. The van der Waals surface area contributed by atoms with Crippen LogP contribution in [0.3, 0.4) is 0 Å². The molecule has 1 amide bonds. The number of nitrogens with one attached hydrogen (secondary N) is 1. The number of epoxide rings is 2. The zero-order chi connectivity index (χ0) is 20.3. The van der Waals surface area contributed by atoms with E-state index in [2.05, 4.69) is 31.8 Å². The molecule has 3 heterocycles. The number of hydrogen-bond acceptors (Lipinski definition) is 5. The standard InChI is InChI=1S/C22H32N2O4/c1-12(2)6-7-17-21(5,28-17)19-14-10-15(23)18(13(3)4)24-20(25)27-16(14)8-9-22(19)11-26-22/h6,13-14,16-17,19,23H,7-11H2,1-5H3. The van der Waals surface area contributed by atoms with Crippen molar-refractivity contribution in [2.75, 3.05) is 6.61 Å². The Hall–Kier alpha value is -1.53. The third kappa shape index (κ3) is 3.35. The number of fused-ring (bicyclic) bond motifs is 1. The number of nitrogens with zero attached hydrogens (tertiary/aromatic N) is 1. The normalized spacial score (nSPS) is 42.3. The maximum absolute atomic E-state index is 12.4. The van der Waals surface area contributed by atoms with E-state index in [0.29, 0.717) is 17.8 Å². The van der Waals surface area contributed by atoms with Crippen LogP contribution in [0, 0.1) is 23.2 Å². The van der Waals surface area contributed by atoms with Crippen molar-refractivity contribution in [3.8, 4) is 0 Å². The summed E-state index contributed by atoms with van der Waals surface area (Å²) >= 11 is 0. The lowest BCUT2D eigenvalue weighted by atomic mass is 9.62. The molecule has 28 heavy (non-hydrogen) atoms. The Labute approximate surface area is 167 Å². The van der Waals surface area contributed by atoms with Crippen molar-refractivity contribution >= 4 is 17.5 Å². The van der Waals surface area contributed by atoms with E-state index >= 15 is 0 Å². The van der Waals surface area contributed by atoms with Gasteiger partial charge in [0.2, 0.25) is 0 Å². The average molecular weight is 389 g/mol. The Morgan fingerprint density at radius 1 is 1.39 bits per heavy atom. The number of hydrogen-bond donors (Lipinski definition) is 1. The van der Waals surface area contributed by atoms with Crippen molar-refractivity contribution in [3.05, 3.63) is 11.6 Å². The molecule has 6 atom stereocenters. The van der Waals surface area contributed by atoms with E-state index in [-0.39, 0.29) is 41.2 Å². The van der Waals surface area contributed by atoms with Gasteiger partial charge in [0.1, 0.15) is 6.10 Å². The minimum absolute atomic E-state index is 0.0166. The molecule has 0 aromatic carbocycles. The minimum Gasteiger partial charge on any atom is -0.444 e. The maximum Gasteiger partial charge on any atom is 0.434 e. The zero-order valence-corrected chi connectivity index (χ0v) is 17.6. The van der Waals surface area contributed by atoms with Gasteiger partial charge in [0.25, 0.3) is 0 Å². The summed E-state index contributed by atoms with van der Waals surface area (Å²) in [6, 6.07) is 0. The van der Waals surface area contributed by atoms with Gasteiger partial charge in [0.15, 0.2) is 0 Å². The Kier molecular flexibility index (Phi) is 4.78. The topological polar surface area (TPSA) is 87.6 Å². The van der Waals surface area contributed by atoms with E-state index in [1.807, 2.05) is 13.8 Å². The summed E-state index contributed by atoms with van der Waals surface area (Å²) in [6.07, 6.45) is 4.67. The Morgan fingerprint density at radius 3 is 2.71 bits per heavy atom. The first-order valence-electron chi connectivity index (χ1n) is 10.5. The summed E-state index contributed by atoms with van der Waals surface area (Å²) in [4.78, 5) is 16.5. The molecule has 1 saturated carbocycles. The summed E-state index contributed by atoms with van der Waals surface area (Å²) < 4.78 is 18.1. The van der Waals surface area contributed by atoms with Crippen molar-refractivity contribution in [2.45, 2.75) is 83.7 Å². The summed E-state index contributed by atoms with van der Waals surface area (Å²) in [6.45, 7) is 11.0. The molecule has 4 rings (SSSR count). The first-order valence-corrected chi connectivity index (χ1v) is 10.5. The van der Waals surface area contributed by atoms with Gasteiger partial charge >= 0.3 is 6.09 Å². The summed E-state index contributed by atoms with van der Waals surface area (Å²) in [7, 11) is 0. The fourth-order valence-electron chi connectivity index (χ4n) is 5.43. The molecule has 0 bridgehead atoms. The maximum atomic E-state index is 12.4. The highest BCUT2D eigenvalue weighted by Gasteiger charge is 2.71. The second-order valence-electron chi connectivity index (χ2n) is 9.60. The van der Waals surface area contributed by atoms with Crippen LogP contribution in [0.5, 0.6) is 0 Å². The number of aliphatic imine (C=N–C) groups is 1. The number of carbonyl (C=O) groups is 1. The second-order valence-corrected chi connectivity index (χ2v) is 9.60. The van der Waals surface area contributed by atoms with Gasteiger partial charge in [-0.2, -0.15) is 4.99 Å². The molecule has 2 saturated heterocycles. The Morgan fingerprint density at radius 2 is 2.11 bits per heavy atom. The number of ether oxygens (including phenoxy) is 3. The molecule has 0 radical (unpaired) electrons. The van der Waals surface area contributed by atoms with E-state index < -0.39 is 6.09 Å². The molecule has 4 aliphatic rings. The van der Waals surface area contributed by atoms with Crippen LogP contribution in [-0.4, -0.2) is 47.5 Å². The van der Waals surface area contributed by atoms with Gasteiger partial charge in [-0.25, -0.2) is 4.79 Å². The summed E-state index contributed by atoms with van der Waals surface area (Å²) in [5.74, 6) is 0.163. The molecular weight excluding hydrogens is 356 g/mol. The van der Waals surface area contributed by atoms with Crippen molar-refractivity contribution < 1.29 is 19.0 Å². The molecular formula is C22H32N2O4. The number of rotatable bonds is 4. The van der Waals surface area contributed by atoms with Crippen LogP contribution >= 0.6 is 0 Å². The average Bonchev–Trinajstić information content (AvgIpc) is 3.50. The lowest BCUT2D eigenvalue weighted by Crippen LogP contribution is -2.53. The highest BCUT2D eigenvalue weighted by molar-refractivity contribution is 6.43. The van der Waals surface area contributed by atoms with Gasteiger partial charge in [0.05, 0.1) is 35.3 Å². The molecule has 3 fully saturated rings. The molecule has 0 aromatic rings. The van der Waals surface area contributed by atoms with Crippen molar-refractivity contribution in [3.63, 3.8) is 0 Å². The quantitative estimate of drug-likeness (QED) is 0.574. The minimum atomic E-state index is -0.558. The zero-order valence-electron chi connectivity index (χ0n) is 17.6. The highest BCUT2D eigenvalue weighted by atomic mass is 16.6. The van der Waals surface area contributed by atoms with Crippen LogP contribution in [0.1, 0.15) is 60.3 Å². The van der Waals surface area contributed by atoms with E-state index in [1.54, 1.807) is 0 Å². The molecule has 1 spiro atoms. The van der Waals surface area contributed by atoms with Crippen molar-refractivity contribution in [1.82, 2.24) is 0 Å². The molecule has 6 unspecified atom stereocenters. The Bertz CT molecular complexity index is 748. The lowest BCUT2D eigenvalue weighted by Gasteiger charge is -2.44. The highest BCUT2D eigenvalue weighted by Crippen LogP contribution is 2.61. The molecule has 1 N–H and O–H groups in total. The van der Waals surface area contributed by atoms with Gasteiger partial charge in [0, 0.05) is 11.8 Å². The molecule has 0 aromatic heterocycles. The second kappa shape index (κ2) is 6.77. The third-order valence-electron chi connectivity index (χ3n) is 6.94. The van der Waals surface area contributed by atoms with E-state index in [9.17, 15) is 4.79 Å². The Balaban J connectivity index is 1.64. The fourth-order valence-corrected chi connectivity index (χ4v) is 5.43. The predicted octanol–water partition coefficient (Wildman–Crippen LogP) is 4.32. The van der Waals surface area contributed by atoms with Gasteiger partial charge < -0.3 is 19.6 Å². The number of allylic oxidation sites excluding steroid dienone is 1. The smallest absolute Gasteiger partial charge is 0.434 e. The van der Waals surface area contributed by atoms with Crippen molar-refractivity contribution in [1.29, 1.82) is 5.41 Å². The predicted molar refractivity (Wildman–Crippen MR) is 107 cm³/mol. The van der Waals surface area contributed by atoms with Crippen LogP contribution in [0.25, 0.3) is 0 Å². The molecule has 6 nitrogen and oxygen atoms in total. The van der Waals surface area contributed by atoms with Gasteiger partial charge in [-0.3, -0.25) is 0 Å². The number of carbonyl (C=O) groups excluding carboxylic acids is 1. The molecule has 1 aliphatic carbocycles. The molecule has 3 aliphatic heterocycles. The molecule has 6 heteroatoms. The van der Waals surface area contributed by atoms with E-state index in [0.717, 1.165) is 25.9 Å². The van der Waals surface area contributed by atoms with Gasteiger partial charge in [-0.1, -0.05) is 25.5 Å². The SMILES string of the molecule is CC(C)=CCC1OC1(C)C1C2CC(=N)C(C(C)C)=NC(=O)OC2CCC12CO2. The van der Waals surface area contributed by atoms with Gasteiger partial charge in [-0.05, 0) is 52.4 Å². The van der Waals surface area contributed by atoms with Crippen LogP contribution < -0.4 is 0 Å².